The number of hydrogen-bond donors (Lipinski definition) is 2. The third-order valence-corrected chi connectivity index (χ3v) is 4.97. The van der Waals surface area contributed by atoms with E-state index in [0.29, 0.717) is 15.9 Å². The monoisotopic (exact) mass is 532 g/mol. The first-order valence-electron chi connectivity index (χ1n) is 8.25. The minimum absolute atomic E-state index is 0.0635. The van der Waals surface area contributed by atoms with E-state index in [0.717, 1.165) is 10.2 Å². The smallest absolute Gasteiger partial charge is 0.284 e. The highest BCUT2D eigenvalue weighted by Gasteiger charge is 2.14. The van der Waals surface area contributed by atoms with Gasteiger partial charge in [0.05, 0.1) is 15.6 Å². The van der Waals surface area contributed by atoms with Crippen LogP contribution in [0.3, 0.4) is 0 Å². The second kappa shape index (κ2) is 8.51. The van der Waals surface area contributed by atoms with Crippen LogP contribution in [0.15, 0.2) is 61.1 Å². The van der Waals surface area contributed by atoms with Gasteiger partial charge in [-0.1, -0.05) is 22.0 Å². The Morgan fingerprint density at radius 2 is 1.73 bits per heavy atom. The van der Waals surface area contributed by atoms with Crippen molar-refractivity contribution in [1.82, 2.24) is 20.3 Å². The number of hydrazone groups is 1. The number of nitrogens with one attached hydrogen (secondary N) is 2. The van der Waals surface area contributed by atoms with Crippen molar-refractivity contribution in [2.75, 3.05) is 10.7 Å². The molecule has 0 aliphatic rings. The van der Waals surface area contributed by atoms with Gasteiger partial charge >= 0.3 is 0 Å². The zero-order valence-corrected chi connectivity index (χ0v) is 18.0. The molecule has 0 saturated heterocycles. The minimum atomic E-state index is -0.480. The van der Waals surface area contributed by atoms with Crippen LogP contribution >= 0.6 is 31.9 Å². The lowest BCUT2D eigenvalue weighted by atomic mass is 10.2. The Balaban J connectivity index is 1.61. The second-order valence-corrected chi connectivity index (χ2v) is 7.57. The highest BCUT2D eigenvalue weighted by atomic mass is 79.9. The predicted octanol–water partition coefficient (Wildman–Crippen LogP) is 4.64. The summed E-state index contributed by atoms with van der Waals surface area (Å²) >= 11 is 6.53. The fourth-order valence-electron chi connectivity index (χ4n) is 2.39. The molecule has 2 heterocycles. The molecule has 0 aliphatic carbocycles. The van der Waals surface area contributed by atoms with Crippen molar-refractivity contribution in [2.24, 2.45) is 5.10 Å². The van der Waals surface area contributed by atoms with Crippen molar-refractivity contribution in [3.8, 4) is 0 Å². The van der Waals surface area contributed by atoms with Crippen LogP contribution in [0.1, 0.15) is 5.56 Å². The maximum atomic E-state index is 11.1. The van der Waals surface area contributed by atoms with E-state index in [1.807, 2.05) is 24.3 Å². The first-order chi connectivity index (χ1) is 14.5. The Morgan fingerprint density at radius 3 is 2.43 bits per heavy atom. The lowest BCUT2D eigenvalue weighted by molar-refractivity contribution is -0.385. The number of nitro benzene ring substituents is 1. The predicted molar refractivity (Wildman–Crippen MR) is 117 cm³/mol. The van der Waals surface area contributed by atoms with E-state index in [1.54, 1.807) is 12.1 Å². The normalized spacial score (nSPS) is 11.1. The Bertz CT molecular complexity index is 1260. The van der Waals surface area contributed by atoms with E-state index in [2.05, 4.69) is 72.6 Å². The standard InChI is InChI=1S/C17H10Br2N8O3/c18-10-2-4-11(5-3-10)21-14-15(23-17-16(22-14)25-30-26-17)24-20-8-9-1-6-12(19)13(7-9)27(28)29/h1-8H,(H,21,22,25)(H,23,24,26). The molecule has 0 atom stereocenters. The van der Waals surface area contributed by atoms with E-state index >= 15 is 0 Å². The van der Waals surface area contributed by atoms with Gasteiger partial charge in [0, 0.05) is 21.8 Å². The highest BCUT2D eigenvalue weighted by Crippen LogP contribution is 2.26. The summed E-state index contributed by atoms with van der Waals surface area (Å²) < 4.78 is 5.98. The van der Waals surface area contributed by atoms with Gasteiger partial charge < -0.3 is 5.32 Å². The van der Waals surface area contributed by atoms with Gasteiger partial charge in [0.25, 0.3) is 5.69 Å². The zero-order valence-electron chi connectivity index (χ0n) is 14.8. The summed E-state index contributed by atoms with van der Waals surface area (Å²) in [6.45, 7) is 0. The molecule has 2 aromatic carbocycles. The molecule has 0 aliphatic heterocycles. The molecule has 0 bridgehead atoms. The van der Waals surface area contributed by atoms with Crippen LogP contribution in [0, 0.1) is 10.1 Å². The van der Waals surface area contributed by atoms with Gasteiger partial charge in [0.2, 0.25) is 11.3 Å². The van der Waals surface area contributed by atoms with Gasteiger partial charge in [0.1, 0.15) is 0 Å². The summed E-state index contributed by atoms with van der Waals surface area (Å²) in [5, 5.41) is 25.7. The number of nitrogens with zero attached hydrogens (tertiary/aromatic N) is 6. The van der Waals surface area contributed by atoms with Gasteiger partial charge in [-0.2, -0.15) is 10.1 Å². The van der Waals surface area contributed by atoms with Crippen LogP contribution in [0.2, 0.25) is 0 Å². The molecule has 2 N–H and O–H groups in total. The van der Waals surface area contributed by atoms with E-state index in [-0.39, 0.29) is 22.8 Å². The lowest BCUT2D eigenvalue weighted by Crippen LogP contribution is -2.03. The van der Waals surface area contributed by atoms with Gasteiger partial charge in [-0.15, -0.1) is 0 Å². The Kier molecular flexibility index (Phi) is 5.63. The fraction of sp³-hybridized carbons (Fsp3) is 0. The van der Waals surface area contributed by atoms with Gasteiger partial charge in [-0.3, -0.25) is 15.5 Å². The summed E-state index contributed by atoms with van der Waals surface area (Å²) in [6.07, 6.45) is 1.43. The van der Waals surface area contributed by atoms with Crippen LogP contribution in [0.5, 0.6) is 0 Å². The molecular weight excluding hydrogens is 524 g/mol. The third-order valence-electron chi connectivity index (χ3n) is 3.77. The summed E-state index contributed by atoms with van der Waals surface area (Å²) in [5.74, 6) is 0.614. The summed E-state index contributed by atoms with van der Waals surface area (Å²) in [4.78, 5) is 19.2. The van der Waals surface area contributed by atoms with Crippen LogP contribution in [-0.4, -0.2) is 31.4 Å². The van der Waals surface area contributed by atoms with Crippen LogP contribution in [0.4, 0.5) is 23.0 Å². The number of fused-ring (bicyclic) bond motifs is 1. The number of rotatable bonds is 6. The first-order valence-corrected chi connectivity index (χ1v) is 9.84. The maximum Gasteiger partial charge on any atom is 0.284 e. The minimum Gasteiger partial charge on any atom is -0.337 e. The largest absolute Gasteiger partial charge is 0.337 e. The fourth-order valence-corrected chi connectivity index (χ4v) is 3.05. The van der Waals surface area contributed by atoms with E-state index < -0.39 is 4.92 Å². The second-order valence-electron chi connectivity index (χ2n) is 5.80. The molecule has 4 rings (SSSR count). The van der Waals surface area contributed by atoms with E-state index in [9.17, 15) is 10.1 Å². The highest BCUT2D eigenvalue weighted by molar-refractivity contribution is 9.10. The first kappa shape index (κ1) is 19.8. The van der Waals surface area contributed by atoms with Crippen LogP contribution in [-0.2, 0) is 0 Å². The van der Waals surface area contributed by atoms with Crippen LogP contribution in [0.25, 0.3) is 11.3 Å². The SMILES string of the molecule is O=[N+]([O-])c1cc(C=NNc2nc3nonc3nc2Nc2ccc(Br)cc2)ccc1Br. The molecule has 0 spiro atoms. The third kappa shape index (κ3) is 4.41. The lowest BCUT2D eigenvalue weighted by Gasteiger charge is -2.09. The van der Waals surface area contributed by atoms with Crippen molar-refractivity contribution in [3.05, 3.63) is 67.1 Å². The molecule has 0 radical (unpaired) electrons. The summed E-state index contributed by atoms with van der Waals surface area (Å²) in [7, 11) is 0. The average molecular weight is 534 g/mol. The quantitative estimate of drug-likeness (QED) is 0.206. The zero-order chi connectivity index (χ0) is 21.1. The van der Waals surface area contributed by atoms with Crippen molar-refractivity contribution in [2.45, 2.75) is 0 Å². The molecule has 0 fully saturated rings. The van der Waals surface area contributed by atoms with Gasteiger partial charge in [-0.05, 0) is 56.6 Å². The van der Waals surface area contributed by atoms with Crippen molar-refractivity contribution in [3.63, 3.8) is 0 Å². The molecule has 11 nitrogen and oxygen atoms in total. The van der Waals surface area contributed by atoms with Gasteiger partial charge in [0.15, 0.2) is 11.6 Å². The topological polar surface area (TPSA) is 144 Å². The Morgan fingerprint density at radius 1 is 1.03 bits per heavy atom. The van der Waals surface area contributed by atoms with E-state index in [1.165, 1.54) is 12.3 Å². The number of hydrogen-bond acceptors (Lipinski definition) is 10. The summed E-state index contributed by atoms with van der Waals surface area (Å²) in [5.41, 5.74) is 4.43. The molecule has 13 heteroatoms. The molecule has 150 valence electrons. The molecule has 0 amide bonds. The van der Waals surface area contributed by atoms with E-state index in [4.69, 9.17) is 0 Å². The molecule has 4 aromatic rings. The Labute approximate surface area is 185 Å². The van der Waals surface area contributed by atoms with Crippen LogP contribution < -0.4 is 10.7 Å². The summed E-state index contributed by atoms with van der Waals surface area (Å²) in [6, 6.07) is 12.1. The molecule has 30 heavy (non-hydrogen) atoms. The molecule has 2 aromatic heterocycles. The molecule has 0 saturated carbocycles. The molecule has 0 unspecified atom stereocenters. The number of benzene rings is 2. The van der Waals surface area contributed by atoms with Crippen molar-refractivity contribution >= 4 is 72.4 Å². The average Bonchev–Trinajstić information content (AvgIpc) is 3.18. The number of aromatic nitrogens is 4. The maximum absolute atomic E-state index is 11.1. The number of anilines is 3. The number of nitro groups is 1. The van der Waals surface area contributed by atoms with Crippen molar-refractivity contribution < 1.29 is 9.55 Å². The number of halogens is 2. The Hall–Kier alpha value is -3.45. The van der Waals surface area contributed by atoms with Gasteiger partial charge in [-0.25, -0.2) is 9.61 Å². The molecular formula is C17H10Br2N8O3. The van der Waals surface area contributed by atoms with Crippen molar-refractivity contribution in [1.29, 1.82) is 0 Å².